The molecule has 19 heavy (non-hydrogen) atoms. The lowest BCUT2D eigenvalue weighted by molar-refractivity contribution is 0.450. The Kier molecular flexibility index (Phi) is 4.50. The van der Waals surface area contributed by atoms with Gasteiger partial charge in [0.15, 0.2) is 0 Å². The molecule has 0 fully saturated rings. The number of nitrogens with one attached hydrogen (secondary N) is 1. The molecule has 1 unspecified atom stereocenters. The van der Waals surface area contributed by atoms with Gasteiger partial charge < -0.3 is 10.4 Å². The molecular weight excluding hydrogens is 263 g/mol. The van der Waals surface area contributed by atoms with Crippen LogP contribution in [-0.4, -0.2) is 16.6 Å². The number of phenols is 1. The van der Waals surface area contributed by atoms with Gasteiger partial charge in [0, 0.05) is 35.6 Å². The molecule has 2 N–H and O–H groups in total. The van der Waals surface area contributed by atoms with Crippen molar-refractivity contribution in [1.29, 1.82) is 0 Å². The summed E-state index contributed by atoms with van der Waals surface area (Å²) < 4.78 is 13.2. The minimum atomic E-state index is -0.336. The third kappa shape index (κ3) is 3.75. The number of aromatic nitrogens is 1. The van der Waals surface area contributed by atoms with Crippen LogP contribution in [0.5, 0.6) is 5.75 Å². The molecule has 0 aliphatic heterocycles. The van der Waals surface area contributed by atoms with Crippen molar-refractivity contribution >= 4 is 11.3 Å². The van der Waals surface area contributed by atoms with Crippen LogP contribution in [0.3, 0.4) is 0 Å². The van der Waals surface area contributed by atoms with Crippen LogP contribution in [0.15, 0.2) is 23.6 Å². The molecule has 0 aliphatic carbocycles. The highest BCUT2D eigenvalue weighted by Gasteiger charge is 2.11. The zero-order valence-corrected chi connectivity index (χ0v) is 11.8. The molecule has 102 valence electrons. The van der Waals surface area contributed by atoms with Crippen molar-refractivity contribution in [2.24, 2.45) is 0 Å². The first kappa shape index (κ1) is 14.0. The maximum Gasteiger partial charge on any atom is 0.123 e. The van der Waals surface area contributed by atoms with Crippen molar-refractivity contribution in [2.75, 3.05) is 6.54 Å². The fraction of sp³-hybridized carbons (Fsp3) is 0.357. The van der Waals surface area contributed by atoms with Crippen molar-refractivity contribution in [2.45, 2.75) is 26.3 Å². The van der Waals surface area contributed by atoms with E-state index in [2.05, 4.69) is 10.3 Å². The van der Waals surface area contributed by atoms with Crippen LogP contribution < -0.4 is 5.32 Å². The van der Waals surface area contributed by atoms with Crippen LogP contribution in [0.4, 0.5) is 4.39 Å². The first-order chi connectivity index (χ1) is 9.06. The van der Waals surface area contributed by atoms with Crippen LogP contribution in [0.25, 0.3) is 0 Å². The predicted molar refractivity (Wildman–Crippen MR) is 75.0 cm³/mol. The largest absolute Gasteiger partial charge is 0.508 e. The number of benzene rings is 1. The SMILES string of the molecule is Cc1csc(CCNC(C)c2cc(F)ccc2O)n1. The summed E-state index contributed by atoms with van der Waals surface area (Å²) in [6, 6.07) is 3.90. The van der Waals surface area contributed by atoms with E-state index in [1.807, 2.05) is 19.2 Å². The van der Waals surface area contributed by atoms with E-state index in [0.717, 1.165) is 23.7 Å². The molecule has 2 aromatic rings. The van der Waals surface area contributed by atoms with Gasteiger partial charge in [-0.2, -0.15) is 0 Å². The standard InChI is InChI=1S/C14H17FN2OS/c1-9-8-19-14(17-9)5-6-16-10(2)12-7-11(15)3-4-13(12)18/h3-4,7-8,10,16,18H,5-6H2,1-2H3. The van der Waals surface area contributed by atoms with Crippen molar-refractivity contribution in [1.82, 2.24) is 10.3 Å². The quantitative estimate of drug-likeness (QED) is 0.884. The molecule has 0 amide bonds. The summed E-state index contributed by atoms with van der Waals surface area (Å²) in [5.41, 5.74) is 1.62. The third-order valence-electron chi connectivity index (χ3n) is 2.91. The Morgan fingerprint density at radius 2 is 2.26 bits per heavy atom. The fourth-order valence-electron chi connectivity index (χ4n) is 1.90. The number of nitrogens with zero attached hydrogens (tertiary/aromatic N) is 1. The lowest BCUT2D eigenvalue weighted by Crippen LogP contribution is -2.21. The van der Waals surface area contributed by atoms with Crippen LogP contribution in [-0.2, 0) is 6.42 Å². The van der Waals surface area contributed by atoms with Gasteiger partial charge in [-0.05, 0) is 32.0 Å². The van der Waals surface area contributed by atoms with Gasteiger partial charge >= 0.3 is 0 Å². The summed E-state index contributed by atoms with van der Waals surface area (Å²) in [5, 5.41) is 16.1. The second-order valence-corrected chi connectivity index (χ2v) is 5.45. The molecule has 1 atom stereocenters. The van der Waals surface area contributed by atoms with Gasteiger partial charge in [0.05, 0.1) is 5.01 Å². The van der Waals surface area contributed by atoms with E-state index in [1.165, 1.54) is 18.2 Å². The van der Waals surface area contributed by atoms with E-state index < -0.39 is 0 Å². The Hall–Kier alpha value is -1.46. The molecule has 0 saturated heterocycles. The zero-order valence-electron chi connectivity index (χ0n) is 11.0. The third-order valence-corrected chi connectivity index (χ3v) is 3.94. The number of aryl methyl sites for hydroxylation is 1. The van der Waals surface area contributed by atoms with Crippen LogP contribution in [0.1, 0.15) is 29.2 Å². The normalized spacial score (nSPS) is 12.6. The van der Waals surface area contributed by atoms with Crippen LogP contribution >= 0.6 is 11.3 Å². The maximum absolute atomic E-state index is 13.2. The van der Waals surface area contributed by atoms with E-state index in [-0.39, 0.29) is 17.6 Å². The monoisotopic (exact) mass is 280 g/mol. The topological polar surface area (TPSA) is 45.1 Å². The van der Waals surface area contributed by atoms with Crippen LogP contribution in [0.2, 0.25) is 0 Å². The second kappa shape index (κ2) is 6.12. The summed E-state index contributed by atoms with van der Waals surface area (Å²) in [4.78, 5) is 4.38. The van der Waals surface area contributed by atoms with Gasteiger partial charge in [0.25, 0.3) is 0 Å². The minimum Gasteiger partial charge on any atom is -0.508 e. The number of hydrogen-bond acceptors (Lipinski definition) is 4. The number of hydrogen-bond donors (Lipinski definition) is 2. The van der Waals surface area contributed by atoms with Gasteiger partial charge in [-0.15, -0.1) is 11.3 Å². The Morgan fingerprint density at radius 3 is 2.95 bits per heavy atom. The number of rotatable bonds is 5. The molecule has 3 nitrogen and oxygen atoms in total. The number of thiazole rings is 1. The molecule has 1 aromatic carbocycles. The highest BCUT2D eigenvalue weighted by molar-refractivity contribution is 7.09. The summed E-state index contributed by atoms with van der Waals surface area (Å²) >= 11 is 1.64. The smallest absolute Gasteiger partial charge is 0.123 e. The van der Waals surface area contributed by atoms with E-state index >= 15 is 0 Å². The van der Waals surface area contributed by atoms with Gasteiger partial charge in [-0.1, -0.05) is 0 Å². The molecule has 5 heteroatoms. The number of halogens is 1. The second-order valence-electron chi connectivity index (χ2n) is 4.51. The molecule has 0 aliphatic rings. The average molecular weight is 280 g/mol. The van der Waals surface area contributed by atoms with Crippen molar-refractivity contribution in [3.63, 3.8) is 0 Å². The molecule has 2 rings (SSSR count). The lowest BCUT2D eigenvalue weighted by Gasteiger charge is -2.15. The summed E-state index contributed by atoms with van der Waals surface area (Å²) in [5.74, 6) is -0.219. The Balaban J connectivity index is 1.90. The molecular formula is C14H17FN2OS. The molecule has 0 spiro atoms. The summed E-state index contributed by atoms with van der Waals surface area (Å²) in [6.45, 7) is 4.62. The van der Waals surface area contributed by atoms with Gasteiger partial charge in [0.1, 0.15) is 11.6 Å². The Bertz CT molecular complexity index is 556. The molecule has 0 bridgehead atoms. The van der Waals surface area contributed by atoms with E-state index in [1.54, 1.807) is 11.3 Å². The van der Waals surface area contributed by atoms with E-state index in [9.17, 15) is 9.50 Å². The first-order valence-electron chi connectivity index (χ1n) is 6.19. The summed E-state index contributed by atoms with van der Waals surface area (Å²) in [7, 11) is 0. The predicted octanol–water partition coefficient (Wildman–Crippen LogP) is 3.19. The van der Waals surface area contributed by atoms with Gasteiger partial charge in [-0.25, -0.2) is 9.37 Å². The lowest BCUT2D eigenvalue weighted by atomic mass is 10.1. The maximum atomic E-state index is 13.2. The average Bonchev–Trinajstić information content (AvgIpc) is 2.78. The highest BCUT2D eigenvalue weighted by Crippen LogP contribution is 2.24. The van der Waals surface area contributed by atoms with Crippen molar-refractivity contribution in [3.8, 4) is 5.75 Å². The van der Waals surface area contributed by atoms with E-state index in [4.69, 9.17) is 0 Å². The van der Waals surface area contributed by atoms with Gasteiger partial charge in [-0.3, -0.25) is 0 Å². The van der Waals surface area contributed by atoms with Crippen LogP contribution in [0, 0.1) is 12.7 Å². The molecule has 1 heterocycles. The highest BCUT2D eigenvalue weighted by atomic mass is 32.1. The van der Waals surface area contributed by atoms with Crippen molar-refractivity contribution in [3.05, 3.63) is 45.7 Å². The summed E-state index contributed by atoms with van der Waals surface area (Å²) in [6.07, 6.45) is 0.832. The molecule has 0 radical (unpaired) electrons. The Labute approximate surface area is 116 Å². The zero-order chi connectivity index (χ0) is 13.8. The van der Waals surface area contributed by atoms with E-state index in [0.29, 0.717) is 5.56 Å². The number of aromatic hydroxyl groups is 1. The first-order valence-corrected chi connectivity index (χ1v) is 7.07. The number of phenolic OH excluding ortho intramolecular Hbond substituents is 1. The molecule has 1 aromatic heterocycles. The molecule has 0 saturated carbocycles. The van der Waals surface area contributed by atoms with Gasteiger partial charge in [0.2, 0.25) is 0 Å². The Morgan fingerprint density at radius 1 is 1.47 bits per heavy atom. The van der Waals surface area contributed by atoms with Crippen molar-refractivity contribution < 1.29 is 9.50 Å². The minimum absolute atomic E-state index is 0.100. The fourth-order valence-corrected chi connectivity index (χ4v) is 2.67.